The SMILES string of the molecule is CC[NH+](CC)CCCN1C(=O)C(=O)C(=C([O-])c2ccc(OC(C)C)c(F)c2)C1c1cccc(OC)c1. The van der Waals surface area contributed by atoms with E-state index in [1.165, 1.54) is 29.0 Å². The van der Waals surface area contributed by atoms with Gasteiger partial charge in [-0.1, -0.05) is 24.0 Å². The van der Waals surface area contributed by atoms with Crippen LogP contribution in [-0.2, 0) is 9.59 Å². The highest BCUT2D eigenvalue weighted by Gasteiger charge is 2.44. The molecule has 1 heterocycles. The summed E-state index contributed by atoms with van der Waals surface area (Å²) in [5.74, 6) is -2.39. The number of halogens is 1. The molecule has 0 aliphatic carbocycles. The van der Waals surface area contributed by atoms with Crippen molar-refractivity contribution in [2.24, 2.45) is 0 Å². The lowest BCUT2D eigenvalue weighted by atomic mass is 9.95. The molecule has 1 amide bonds. The van der Waals surface area contributed by atoms with Gasteiger partial charge >= 0.3 is 0 Å². The fourth-order valence-electron chi connectivity index (χ4n) is 4.51. The molecule has 0 radical (unpaired) electrons. The number of quaternary nitrogens is 1. The van der Waals surface area contributed by atoms with E-state index in [0.29, 0.717) is 24.3 Å². The maximum Gasteiger partial charge on any atom is 0.295 e. The zero-order valence-corrected chi connectivity index (χ0v) is 21.6. The second-order valence-corrected chi connectivity index (χ2v) is 9.12. The molecule has 2 aromatic rings. The quantitative estimate of drug-likeness (QED) is 0.292. The fourth-order valence-corrected chi connectivity index (χ4v) is 4.51. The first-order valence-corrected chi connectivity index (χ1v) is 12.4. The summed E-state index contributed by atoms with van der Waals surface area (Å²) in [5, 5.41) is 13.6. The van der Waals surface area contributed by atoms with E-state index in [9.17, 15) is 19.1 Å². The largest absolute Gasteiger partial charge is 0.872 e. The predicted molar refractivity (Wildman–Crippen MR) is 133 cm³/mol. The van der Waals surface area contributed by atoms with Gasteiger partial charge in [0.1, 0.15) is 5.75 Å². The van der Waals surface area contributed by atoms with E-state index in [2.05, 4.69) is 13.8 Å². The Morgan fingerprint density at radius 1 is 1.14 bits per heavy atom. The van der Waals surface area contributed by atoms with Crippen LogP contribution in [0, 0.1) is 5.82 Å². The molecule has 1 atom stereocenters. The number of amides is 1. The van der Waals surface area contributed by atoms with Crippen molar-refractivity contribution in [3.8, 4) is 11.5 Å². The normalized spacial score (nSPS) is 17.3. The van der Waals surface area contributed by atoms with Gasteiger partial charge in [-0.25, -0.2) is 4.39 Å². The molecule has 0 spiro atoms. The lowest BCUT2D eigenvalue weighted by molar-refractivity contribution is -0.896. The summed E-state index contributed by atoms with van der Waals surface area (Å²) < 4.78 is 25.4. The third kappa shape index (κ3) is 5.87. The number of nitrogens with zero attached hydrogens (tertiary/aromatic N) is 1. The minimum atomic E-state index is -0.881. The maximum atomic E-state index is 14.7. The Labute approximate surface area is 212 Å². The number of benzene rings is 2. The molecule has 0 saturated carbocycles. The summed E-state index contributed by atoms with van der Waals surface area (Å²) in [5.41, 5.74) is 0.398. The summed E-state index contributed by atoms with van der Waals surface area (Å²) in [6.45, 7) is 10.8. The van der Waals surface area contributed by atoms with Gasteiger partial charge in [0.05, 0.1) is 38.9 Å². The fraction of sp³-hybridized carbons (Fsp3) is 0.429. The number of methoxy groups -OCH3 is 1. The number of carbonyl (C=O) groups excluding carboxylic acids is 2. The highest BCUT2D eigenvalue weighted by Crippen LogP contribution is 2.40. The number of rotatable bonds is 11. The molecule has 194 valence electrons. The van der Waals surface area contributed by atoms with Crippen molar-refractivity contribution in [3.63, 3.8) is 0 Å². The van der Waals surface area contributed by atoms with Crippen LogP contribution in [0.3, 0.4) is 0 Å². The highest BCUT2D eigenvalue weighted by molar-refractivity contribution is 6.46. The van der Waals surface area contributed by atoms with Gasteiger partial charge in [-0.05, 0) is 63.1 Å². The van der Waals surface area contributed by atoms with Gasteiger partial charge < -0.3 is 24.4 Å². The van der Waals surface area contributed by atoms with Crippen LogP contribution in [0.15, 0.2) is 48.0 Å². The molecule has 2 aromatic carbocycles. The first-order valence-electron chi connectivity index (χ1n) is 12.4. The first-order chi connectivity index (χ1) is 17.2. The zero-order chi connectivity index (χ0) is 26.4. The lowest BCUT2D eigenvalue weighted by Crippen LogP contribution is -3.11. The molecule has 1 aliphatic rings. The van der Waals surface area contributed by atoms with E-state index in [1.54, 1.807) is 38.1 Å². The smallest absolute Gasteiger partial charge is 0.295 e. The topological polar surface area (TPSA) is 83.3 Å². The van der Waals surface area contributed by atoms with Crippen molar-refractivity contribution in [1.82, 2.24) is 4.90 Å². The van der Waals surface area contributed by atoms with Crippen molar-refractivity contribution in [2.45, 2.75) is 46.3 Å². The molecular weight excluding hydrogens is 463 g/mol. The van der Waals surface area contributed by atoms with Crippen molar-refractivity contribution in [3.05, 3.63) is 65.0 Å². The van der Waals surface area contributed by atoms with Crippen molar-refractivity contribution in [1.29, 1.82) is 0 Å². The van der Waals surface area contributed by atoms with E-state index < -0.39 is 29.3 Å². The number of Topliss-reactive ketones (excluding diaryl/α,β-unsaturated/α-hetero) is 1. The van der Waals surface area contributed by atoms with Crippen molar-refractivity contribution in [2.75, 3.05) is 33.3 Å². The van der Waals surface area contributed by atoms with E-state index in [0.717, 1.165) is 25.7 Å². The molecule has 7 nitrogen and oxygen atoms in total. The summed E-state index contributed by atoms with van der Waals surface area (Å²) >= 11 is 0. The molecule has 1 N–H and O–H groups in total. The van der Waals surface area contributed by atoms with Crippen LogP contribution >= 0.6 is 0 Å². The highest BCUT2D eigenvalue weighted by atomic mass is 19.1. The van der Waals surface area contributed by atoms with Gasteiger partial charge in [0.15, 0.2) is 11.6 Å². The van der Waals surface area contributed by atoms with Gasteiger partial charge in [0, 0.05) is 18.5 Å². The summed E-state index contributed by atoms with van der Waals surface area (Å²) in [7, 11) is 1.52. The summed E-state index contributed by atoms with van der Waals surface area (Å²) in [6.07, 6.45) is 0.432. The van der Waals surface area contributed by atoms with Crippen LogP contribution < -0.4 is 19.5 Å². The van der Waals surface area contributed by atoms with Gasteiger partial charge in [-0.15, -0.1) is 0 Å². The first kappa shape index (κ1) is 27.2. The molecule has 8 heteroatoms. The Kier molecular flexibility index (Phi) is 9.09. The van der Waals surface area contributed by atoms with Crippen LogP contribution in [0.2, 0.25) is 0 Å². The van der Waals surface area contributed by atoms with Crippen molar-refractivity contribution < 1.29 is 33.5 Å². The third-order valence-electron chi connectivity index (χ3n) is 6.43. The minimum absolute atomic E-state index is 0.0120. The van der Waals surface area contributed by atoms with E-state index in [4.69, 9.17) is 9.47 Å². The number of carbonyl (C=O) groups is 2. The van der Waals surface area contributed by atoms with E-state index in [-0.39, 0.29) is 23.0 Å². The predicted octanol–water partition coefficient (Wildman–Crippen LogP) is 2.16. The molecule has 0 aromatic heterocycles. The molecule has 0 bridgehead atoms. The molecule has 36 heavy (non-hydrogen) atoms. The second kappa shape index (κ2) is 12.0. The second-order valence-electron chi connectivity index (χ2n) is 9.12. The van der Waals surface area contributed by atoms with Gasteiger partial charge in [-0.2, -0.15) is 0 Å². The van der Waals surface area contributed by atoms with Crippen LogP contribution in [0.1, 0.15) is 51.3 Å². The average Bonchev–Trinajstić information content (AvgIpc) is 3.12. The molecule has 1 fully saturated rings. The lowest BCUT2D eigenvalue weighted by Gasteiger charge is -2.28. The maximum absolute atomic E-state index is 14.7. The van der Waals surface area contributed by atoms with Crippen molar-refractivity contribution >= 4 is 17.4 Å². The molecular formula is C28H35FN2O5. The monoisotopic (exact) mass is 498 g/mol. The third-order valence-corrected chi connectivity index (χ3v) is 6.43. The number of ketones is 1. The summed E-state index contributed by atoms with van der Waals surface area (Å²) in [4.78, 5) is 29.1. The van der Waals surface area contributed by atoms with Gasteiger partial charge in [0.2, 0.25) is 5.78 Å². The van der Waals surface area contributed by atoms with Crippen LogP contribution in [0.4, 0.5) is 4.39 Å². The minimum Gasteiger partial charge on any atom is -0.872 e. The van der Waals surface area contributed by atoms with E-state index in [1.807, 2.05) is 0 Å². The molecule has 1 unspecified atom stereocenters. The Bertz CT molecular complexity index is 1130. The molecule has 1 aliphatic heterocycles. The Morgan fingerprint density at radius 2 is 1.86 bits per heavy atom. The van der Waals surface area contributed by atoms with Crippen LogP contribution in [-0.4, -0.2) is 56.0 Å². The number of hydrogen-bond acceptors (Lipinski definition) is 5. The average molecular weight is 499 g/mol. The Hall–Kier alpha value is -3.39. The van der Waals surface area contributed by atoms with Gasteiger partial charge in [-0.3, -0.25) is 9.59 Å². The number of hydrogen-bond donors (Lipinski definition) is 1. The van der Waals surface area contributed by atoms with E-state index >= 15 is 0 Å². The molecule has 3 rings (SSSR count). The number of ether oxygens (including phenoxy) is 2. The van der Waals surface area contributed by atoms with Crippen LogP contribution in [0.5, 0.6) is 11.5 Å². The van der Waals surface area contributed by atoms with Crippen LogP contribution in [0.25, 0.3) is 5.76 Å². The number of nitrogens with one attached hydrogen (secondary N) is 1. The standard InChI is InChI=1S/C28H35FN2O5/c1-6-30(7-2)14-9-15-31-25(19-10-8-11-21(16-19)35-5)24(27(33)28(31)34)26(32)20-12-13-23(22(29)17-20)36-18(3)4/h8,10-13,16-18,25,32H,6-7,9,14-15H2,1-5H3. The number of likely N-dealkylation sites (tertiary alicyclic amines) is 1. The Balaban J connectivity index is 2.06. The zero-order valence-electron chi connectivity index (χ0n) is 21.6. The van der Waals surface area contributed by atoms with Gasteiger partial charge in [0.25, 0.3) is 5.91 Å². The Morgan fingerprint density at radius 3 is 2.47 bits per heavy atom. The summed E-state index contributed by atoms with van der Waals surface area (Å²) in [6, 6.07) is 9.94. The molecule has 1 saturated heterocycles.